The van der Waals surface area contributed by atoms with Crippen molar-refractivity contribution in [3.63, 3.8) is 0 Å². The molecule has 6 aromatic rings. The lowest BCUT2D eigenvalue weighted by Gasteiger charge is -2.11. The molecule has 0 spiro atoms. The lowest BCUT2D eigenvalue weighted by Crippen LogP contribution is -2.25. The Morgan fingerprint density at radius 1 is 0.500 bits per heavy atom. The molecule has 2 aromatic heterocycles. The van der Waals surface area contributed by atoms with Gasteiger partial charge in [0.2, 0.25) is 0 Å². The first-order chi connectivity index (χ1) is 23.5. The van der Waals surface area contributed by atoms with Crippen LogP contribution in [0, 0.1) is 0 Å². The number of rotatable bonds is 13. The lowest BCUT2D eigenvalue weighted by molar-refractivity contribution is 0.0946. The minimum Gasteiger partial charge on any atom is -0.352 e. The summed E-state index contributed by atoms with van der Waals surface area (Å²) in [4.78, 5) is 36.1. The van der Waals surface area contributed by atoms with E-state index in [-0.39, 0.29) is 11.8 Å². The van der Waals surface area contributed by atoms with E-state index in [1.807, 2.05) is 109 Å². The molecule has 8 heteroatoms. The summed E-state index contributed by atoms with van der Waals surface area (Å²) in [5, 5.41) is 7.94. The number of amides is 2. The largest absolute Gasteiger partial charge is 0.352 e. The van der Waals surface area contributed by atoms with Gasteiger partial charge in [-0.2, -0.15) is 0 Å². The Kier molecular flexibility index (Phi) is 11.3. The summed E-state index contributed by atoms with van der Waals surface area (Å²) >= 11 is 7.07. The molecular formula is C40H36Br2N4O2. The van der Waals surface area contributed by atoms with Crippen molar-refractivity contribution in [1.82, 2.24) is 20.6 Å². The van der Waals surface area contributed by atoms with Crippen molar-refractivity contribution in [1.29, 1.82) is 0 Å². The van der Waals surface area contributed by atoms with Crippen LogP contribution in [0.15, 0.2) is 118 Å². The number of unbranched alkanes of at least 4 members (excludes halogenated alkanes) is 5. The van der Waals surface area contributed by atoms with Gasteiger partial charge in [-0.1, -0.05) is 118 Å². The van der Waals surface area contributed by atoms with Gasteiger partial charge >= 0.3 is 0 Å². The van der Waals surface area contributed by atoms with Gasteiger partial charge in [-0.15, -0.1) is 0 Å². The Balaban J connectivity index is 0.941. The van der Waals surface area contributed by atoms with Gasteiger partial charge in [-0.25, -0.2) is 9.97 Å². The number of carbonyl (C=O) groups is 2. The van der Waals surface area contributed by atoms with Crippen molar-refractivity contribution < 1.29 is 9.59 Å². The van der Waals surface area contributed by atoms with Gasteiger partial charge in [-0.3, -0.25) is 9.59 Å². The molecule has 0 aliphatic carbocycles. The van der Waals surface area contributed by atoms with E-state index in [0.717, 1.165) is 91.8 Å². The zero-order valence-electron chi connectivity index (χ0n) is 26.5. The predicted octanol–water partition coefficient (Wildman–Crippen LogP) is 10.1. The number of carbonyl (C=O) groups excluding carboxylic acids is 2. The molecule has 0 unspecified atom stereocenters. The van der Waals surface area contributed by atoms with Crippen molar-refractivity contribution >= 4 is 65.5 Å². The summed E-state index contributed by atoms with van der Waals surface area (Å²) in [5.41, 5.74) is 6.35. The summed E-state index contributed by atoms with van der Waals surface area (Å²) < 4.78 is 1.94. The third-order valence-corrected chi connectivity index (χ3v) is 9.32. The van der Waals surface area contributed by atoms with Crippen molar-refractivity contribution in [2.24, 2.45) is 0 Å². The molecule has 2 heterocycles. The normalized spacial score (nSPS) is 11.1. The van der Waals surface area contributed by atoms with E-state index in [4.69, 9.17) is 9.97 Å². The number of halogens is 2. The highest BCUT2D eigenvalue weighted by molar-refractivity contribution is 9.10. The Hall–Kier alpha value is -4.40. The molecule has 0 fully saturated rings. The van der Waals surface area contributed by atoms with Crippen LogP contribution in [0.5, 0.6) is 0 Å². The fourth-order valence-electron chi connectivity index (χ4n) is 5.87. The third kappa shape index (κ3) is 8.35. The Morgan fingerprint density at radius 3 is 1.35 bits per heavy atom. The van der Waals surface area contributed by atoms with Gasteiger partial charge in [0.25, 0.3) is 11.8 Å². The van der Waals surface area contributed by atoms with Crippen LogP contribution in [-0.4, -0.2) is 34.9 Å². The van der Waals surface area contributed by atoms with Gasteiger partial charge in [-0.05, 0) is 61.4 Å². The number of nitrogens with one attached hydrogen (secondary N) is 2. The Labute approximate surface area is 297 Å². The molecule has 6 nitrogen and oxygen atoms in total. The highest BCUT2D eigenvalue weighted by atomic mass is 79.9. The van der Waals surface area contributed by atoms with E-state index in [2.05, 4.69) is 42.5 Å². The summed E-state index contributed by atoms with van der Waals surface area (Å²) in [6.45, 7) is 1.25. The molecule has 0 bridgehead atoms. The average molecular weight is 765 g/mol. The molecule has 6 rings (SSSR count). The number of benzene rings is 4. The summed E-state index contributed by atoms with van der Waals surface area (Å²) in [7, 11) is 0. The van der Waals surface area contributed by atoms with Crippen LogP contribution in [0.1, 0.15) is 59.2 Å². The van der Waals surface area contributed by atoms with Gasteiger partial charge < -0.3 is 10.6 Å². The maximum absolute atomic E-state index is 13.3. The lowest BCUT2D eigenvalue weighted by atomic mass is 10.0. The van der Waals surface area contributed by atoms with Crippen LogP contribution < -0.4 is 10.6 Å². The molecule has 4 aromatic carbocycles. The Morgan fingerprint density at radius 2 is 0.917 bits per heavy atom. The molecule has 0 saturated heterocycles. The van der Waals surface area contributed by atoms with Crippen molar-refractivity contribution in [2.75, 3.05) is 13.1 Å². The first-order valence-corrected chi connectivity index (χ1v) is 17.9. The fourth-order valence-corrected chi connectivity index (χ4v) is 6.67. The number of nitrogens with zero attached hydrogens (tertiary/aromatic N) is 2. The molecule has 0 atom stereocenters. The second-order valence-corrected chi connectivity index (χ2v) is 13.6. The van der Waals surface area contributed by atoms with E-state index < -0.39 is 0 Å². The van der Waals surface area contributed by atoms with Gasteiger partial charge in [0.15, 0.2) is 0 Å². The predicted molar refractivity (Wildman–Crippen MR) is 202 cm³/mol. The second kappa shape index (κ2) is 16.1. The van der Waals surface area contributed by atoms with Gasteiger partial charge in [0.05, 0.1) is 33.5 Å². The fraction of sp³-hybridized carbons (Fsp3) is 0.200. The highest BCUT2D eigenvalue weighted by Crippen LogP contribution is 2.28. The van der Waals surface area contributed by atoms with Crippen LogP contribution in [0.2, 0.25) is 0 Å². The zero-order chi connectivity index (χ0) is 33.3. The molecule has 2 N–H and O–H groups in total. The van der Waals surface area contributed by atoms with Crippen LogP contribution in [0.3, 0.4) is 0 Å². The molecule has 2 amide bonds. The first-order valence-electron chi connectivity index (χ1n) is 16.3. The number of aromatic nitrogens is 2. The average Bonchev–Trinajstić information content (AvgIpc) is 3.11. The molecule has 48 heavy (non-hydrogen) atoms. The van der Waals surface area contributed by atoms with E-state index in [1.54, 1.807) is 0 Å². The number of hydrogen-bond acceptors (Lipinski definition) is 4. The van der Waals surface area contributed by atoms with E-state index >= 15 is 0 Å². The van der Waals surface area contributed by atoms with Crippen molar-refractivity contribution in [3.05, 3.63) is 129 Å². The smallest absolute Gasteiger partial charge is 0.252 e. The maximum atomic E-state index is 13.3. The number of fused-ring (bicyclic) bond motifs is 2. The summed E-state index contributed by atoms with van der Waals surface area (Å²) in [6.07, 6.45) is 6.07. The van der Waals surface area contributed by atoms with Crippen molar-refractivity contribution in [2.45, 2.75) is 38.5 Å². The second-order valence-electron chi connectivity index (χ2n) is 11.8. The van der Waals surface area contributed by atoms with Crippen LogP contribution in [0.25, 0.3) is 44.3 Å². The minimum atomic E-state index is -0.0775. The topological polar surface area (TPSA) is 84.0 Å². The molecule has 0 aliphatic rings. The maximum Gasteiger partial charge on any atom is 0.252 e. The van der Waals surface area contributed by atoms with Crippen LogP contribution >= 0.6 is 31.9 Å². The standard InChI is InChI=1S/C40H36Br2N4O2/c41-29-15-11-13-27(23-29)37-25-33(31-17-5-7-19-35(31)45-37)39(47)43-21-9-3-1-2-4-10-22-44-40(48)34-26-38(28-14-12-16-30(42)24-28)46-36-20-8-6-18-32(34)36/h5-8,11-20,23-26H,1-4,9-10,21-22H2,(H,43,47)(H,44,48). The number of pyridine rings is 2. The van der Waals surface area contributed by atoms with E-state index in [0.29, 0.717) is 24.2 Å². The summed E-state index contributed by atoms with van der Waals surface area (Å²) in [6, 6.07) is 35.2. The van der Waals surface area contributed by atoms with E-state index in [1.165, 1.54) is 0 Å². The molecule has 0 saturated carbocycles. The molecule has 0 radical (unpaired) electrons. The van der Waals surface area contributed by atoms with E-state index in [9.17, 15) is 9.59 Å². The zero-order valence-corrected chi connectivity index (χ0v) is 29.7. The third-order valence-electron chi connectivity index (χ3n) is 8.34. The highest BCUT2D eigenvalue weighted by Gasteiger charge is 2.15. The molecular weight excluding hydrogens is 728 g/mol. The quantitative estimate of drug-likeness (QED) is 0.115. The van der Waals surface area contributed by atoms with Crippen molar-refractivity contribution in [3.8, 4) is 22.5 Å². The molecule has 242 valence electrons. The first kappa shape index (κ1) is 33.5. The molecule has 0 aliphatic heterocycles. The Bertz CT molecular complexity index is 1930. The van der Waals surface area contributed by atoms with Gasteiger partial charge in [0.1, 0.15) is 0 Å². The minimum absolute atomic E-state index is 0.0775. The van der Waals surface area contributed by atoms with Crippen LogP contribution in [-0.2, 0) is 0 Å². The SMILES string of the molecule is O=C(NCCCCCCCCNC(=O)c1cc(-c2cccc(Br)c2)nc2ccccc12)c1cc(-c2cccc(Br)c2)nc2ccccc12. The van der Waals surface area contributed by atoms with Crippen LogP contribution in [0.4, 0.5) is 0 Å². The monoisotopic (exact) mass is 762 g/mol. The number of para-hydroxylation sites is 2. The summed E-state index contributed by atoms with van der Waals surface area (Å²) in [5.74, 6) is -0.155. The van der Waals surface area contributed by atoms with Gasteiger partial charge in [0, 0.05) is 43.9 Å². The number of hydrogen-bond donors (Lipinski definition) is 2.